The van der Waals surface area contributed by atoms with Gasteiger partial charge in [-0.3, -0.25) is 14.6 Å². The number of hydrogen-bond acceptors (Lipinski definition) is 4. The summed E-state index contributed by atoms with van der Waals surface area (Å²) in [6.45, 7) is 2.46. The maximum absolute atomic E-state index is 11.9. The van der Waals surface area contributed by atoms with Crippen LogP contribution < -0.4 is 0 Å². The second kappa shape index (κ2) is 6.62. The van der Waals surface area contributed by atoms with Gasteiger partial charge < -0.3 is 9.64 Å². The van der Waals surface area contributed by atoms with Crippen molar-refractivity contribution in [3.05, 3.63) is 30.1 Å². The lowest BCUT2D eigenvalue weighted by Gasteiger charge is -2.16. The third kappa shape index (κ3) is 4.22. The van der Waals surface area contributed by atoms with Crippen LogP contribution in [0.1, 0.15) is 23.7 Å². The van der Waals surface area contributed by atoms with E-state index < -0.39 is 0 Å². The van der Waals surface area contributed by atoms with Gasteiger partial charge in [0.2, 0.25) is 0 Å². The average Bonchev–Trinajstić information content (AvgIpc) is 2.36. The Morgan fingerprint density at radius 1 is 1.35 bits per heavy atom. The highest BCUT2D eigenvalue weighted by molar-refractivity contribution is 5.94. The average molecular weight is 236 g/mol. The summed E-state index contributed by atoms with van der Waals surface area (Å²) in [5.41, 5.74) is 0.561. The van der Waals surface area contributed by atoms with E-state index in [2.05, 4.69) is 4.98 Å². The molecule has 1 rings (SSSR count). The van der Waals surface area contributed by atoms with Crippen LogP contribution in [0.4, 0.5) is 0 Å². The zero-order valence-electron chi connectivity index (χ0n) is 10.0. The molecule has 1 heterocycles. The topological polar surface area (TPSA) is 59.5 Å². The molecule has 0 spiro atoms. The van der Waals surface area contributed by atoms with Crippen molar-refractivity contribution in [2.45, 2.75) is 13.3 Å². The van der Waals surface area contributed by atoms with Crippen LogP contribution in [-0.4, -0.2) is 42.0 Å². The number of ether oxygens (including phenoxy) is 1. The van der Waals surface area contributed by atoms with Crippen molar-refractivity contribution in [2.75, 3.05) is 20.2 Å². The zero-order valence-corrected chi connectivity index (χ0v) is 10.0. The number of esters is 1. The molecule has 0 saturated heterocycles. The Morgan fingerprint density at radius 2 is 2.00 bits per heavy atom. The number of amides is 1. The van der Waals surface area contributed by atoms with Crippen molar-refractivity contribution in [3.8, 4) is 0 Å². The first-order chi connectivity index (χ1) is 8.15. The van der Waals surface area contributed by atoms with E-state index >= 15 is 0 Å². The fourth-order valence-corrected chi connectivity index (χ4v) is 1.31. The Bertz CT molecular complexity index is 379. The molecule has 0 N–H and O–H groups in total. The number of carbonyl (C=O) groups excluding carboxylic acids is 2. The molecule has 0 aliphatic carbocycles. The minimum absolute atomic E-state index is 0.128. The van der Waals surface area contributed by atoms with Crippen molar-refractivity contribution in [3.63, 3.8) is 0 Å². The first kappa shape index (κ1) is 13.2. The minimum Gasteiger partial charge on any atom is -0.466 e. The summed E-state index contributed by atoms with van der Waals surface area (Å²) in [7, 11) is 1.65. The van der Waals surface area contributed by atoms with Gasteiger partial charge in [-0.2, -0.15) is 0 Å². The van der Waals surface area contributed by atoms with Crippen LogP contribution in [0.5, 0.6) is 0 Å². The van der Waals surface area contributed by atoms with Gasteiger partial charge in [0.15, 0.2) is 0 Å². The summed E-state index contributed by atoms with van der Waals surface area (Å²) in [5.74, 6) is -0.418. The second-order valence-electron chi connectivity index (χ2n) is 3.52. The lowest BCUT2D eigenvalue weighted by molar-refractivity contribution is -0.143. The van der Waals surface area contributed by atoms with Gasteiger partial charge in [-0.05, 0) is 19.1 Å². The number of hydrogen-bond donors (Lipinski definition) is 0. The first-order valence-corrected chi connectivity index (χ1v) is 5.46. The van der Waals surface area contributed by atoms with E-state index in [1.807, 2.05) is 0 Å². The van der Waals surface area contributed by atoms with E-state index in [-0.39, 0.29) is 18.3 Å². The predicted molar refractivity (Wildman–Crippen MR) is 62.4 cm³/mol. The smallest absolute Gasteiger partial charge is 0.307 e. The van der Waals surface area contributed by atoms with E-state index in [4.69, 9.17) is 4.74 Å². The summed E-state index contributed by atoms with van der Waals surface area (Å²) in [6.07, 6.45) is 3.33. The van der Waals surface area contributed by atoms with Gasteiger partial charge >= 0.3 is 5.97 Å². The Kier molecular flexibility index (Phi) is 5.13. The molecule has 1 amide bonds. The monoisotopic (exact) mass is 236 g/mol. The van der Waals surface area contributed by atoms with Crippen LogP contribution in [0.15, 0.2) is 24.5 Å². The minimum atomic E-state index is -0.290. The Labute approximate surface area is 100 Å². The van der Waals surface area contributed by atoms with Gasteiger partial charge in [0.05, 0.1) is 13.0 Å². The highest BCUT2D eigenvalue weighted by Crippen LogP contribution is 2.02. The van der Waals surface area contributed by atoms with Crippen LogP contribution in [0.25, 0.3) is 0 Å². The molecule has 0 saturated carbocycles. The van der Waals surface area contributed by atoms with Crippen LogP contribution in [-0.2, 0) is 9.53 Å². The molecule has 5 nitrogen and oxygen atoms in total. The maximum atomic E-state index is 11.9. The summed E-state index contributed by atoms with van der Waals surface area (Å²) >= 11 is 0. The zero-order chi connectivity index (χ0) is 12.7. The number of aromatic nitrogens is 1. The van der Waals surface area contributed by atoms with Crippen LogP contribution in [0.2, 0.25) is 0 Å². The highest BCUT2D eigenvalue weighted by Gasteiger charge is 2.12. The number of nitrogens with zero attached hydrogens (tertiary/aromatic N) is 2. The van der Waals surface area contributed by atoms with Crippen LogP contribution in [0, 0.1) is 0 Å². The van der Waals surface area contributed by atoms with Gasteiger partial charge in [-0.25, -0.2) is 0 Å². The molecule has 0 aliphatic heterocycles. The Balaban J connectivity index is 2.45. The third-order valence-electron chi connectivity index (χ3n) is 2.23. The lowest BCUT2D eigenvalue weighted by Crippen LogP contribution is -2.29. The molecule has 1 aromatic heterocycles. The van der Waals surface area contributed by atoms with Crippen molar-refractivity contribution in [2.24, 2.45) is 0 Å². The molecule has 0 atom stereocenters. The standard InChI is InChI=1S/C12H16N2O3/c1-3-17-11(15)6-9-14(2)12(16)10-4-7-13-8-5-10/h4-5,7-8H,3,6,9H2,1-2H3. The van der Waals surface area contributed by atoms with E-state index in [1.165, 1.54) is 4.90 Å². The number of carbonyl (C=O) groups is 2. The van der Waals surface area contributed by atoms with Gasteiger partial charge in [-0.1, -0.05) is 0 Å². The quantitative estimate of drug-likeness (QED) is 0.718. The summed E-state index contributed by atoms with van der Waals surface area (Å²) < 4.78 is 4.79. The summed E-state index contributed by atoms with van der Waals surface area (Å²) in [5, 5.41) is 0. The first-order valence-electron chi connectivity index (χ1n) is 5.46. The van der Waals surface area contributed by atoms with Crippen LogP contribution >= 0.6 is 0 Å². The van der Waals surface area contributed by atoms with Crippen molar-refractivity contribution < 1.29 is 14.3 Å². The molecule has 0 aliphatic rings. The Morgan fingerprint density at radius 3 is 2.59 bits per heavy atom. The fraction of sp³-hybridized carbons (Fsp3) is 0.417. The molecular weight excluding hydrogens is 220 g/mol. The predicted octanol–water partition coefficient (Wildman–Crippen LogP) is 1.11. The summed E-state index contributed by atoms with van der Waals surface area (Å²) in [6, 6.07) is 3.28. The third-order valence-corrected chi connectivity index (χ3v) is 2.23. The lowest BCUT2D eigenvalue weighted by atomic mass is 10.2. The van der Waals surface area contributed by atoms with E-state index in [0.717, 1.165) is 0 Å². The molecular formula is C12H16N2O3. The van der Waals surface area contributed by atoms with Gasteiger partial charge in [0.25, 0.3) is 5.91 Å². The second-order valence-corrected chi connectivity index (χ2v) is 3.52. The molecule has 0 unspecified atom stereocenters. The van der Waals surface area contributed by atoms with Gasteiger partial charge in [-0.15, -0.1) is 0 Å². The molecule has 0 aromatic carbocycles. The molecule has 17 heavy (non-hydrogen) atoms. The molecule has 5 heteroatoms. The van der Waals surface area contributed by atoms with Gasteiger partial charge in [0, 0.05) is 31.5 Å². The van der Waals surface area contributed by atoms with E-state index in [0.29, 0.717) is 18.7 Å². The van der Waals surface area contributed by atoms with Crippen molar-refractivity contribution >= 4 is 11.9 Å². The molecule has 0 bridgehead atoms. The fourth-order valence-electron chi connectivity index (χ4n) is 1.31. The largest absolute Gasteiger partial charge is 0.466 e. The molecule has 0 fully saturated rings. The molecule has 1 aromatic rings. The van der Waals surface area contributed by atoms with Crippen molar-refractivity contribution in [1.29, 1.82) is 0 Å². The number of pyridine rings is 1. The maximum Gasteiger partial charge on any atom is 0.307 e. The van der Waals surface area contributed by atoms with Gasteiger partial charge in [0.1, 0.15) is 0 Å². The van der Waals surface area contributed by atoms with E-state index in [9.17, 15) is 9.59 Å². The number of rotatable bonds is 5. The SMILES string of the molecule is CCOC(=O)CCN(C)C(=O)c1ccncc1. The highest BCUT2D eigenvalue weighted by atomic mass is 16.5. The normalized spacial score (nSPS) is 9.76. The van der Waals surface area contributed by atoms with Crippen molar-refractivity contribution in [1.82, 2.24) is 9.88 Å². The van der Waals surface area contributed by atoms with E-state index in [1.54, 1.807) is 38.5 Å². The van der Waals surface area contributed by atoms with Crippen LogP contribution in [0.3, 0.4) is 0 Å². The Hall–Kier alpha value is -1.91. The molecule has 0 radical (unpaired) electrons. The molecule has 92 valence electrons. The summed E-state index contributed by atoms with van der Waals surface area (Å²) in [4.78, 5) is 28.3.